The summed E-state index contributed by atoms with van der Waals surface area (Å²) in [5.41, 5.74) is -0.823. The molecule has 0 spiro atoms. The Morgan fingerprint density at radius 2 is 1.71 bits per heavy atom. The van der Waals surface area contributed by atoms with Gasteiger partial charge >= 0.3 is 5.97 Å². The summed E-state index contributed by atoms with van der Waals surface area (Å²) in [6.45, 7) is 11.9. The maximum Gasteiger partial charge on any atom is 0.309 e. The van der Waals surface area contributed by atoms with Crippen LogP contribution in [-0.4, -0.2) is 46.1 Å². The number of aliphatic carboxylic acids is 1. The zero-order chi connectivity index (χ0) is 22.8. The van der Waals surface area contributed by atoms with Crippen LogP contribution in [-0.2, 0) is 4.79 Å². The molecule has 0 aromatic carbocycles. The van der Waals surface area contributed by atoms with E-state index in [-0.39, 0.29) is 16.9 Å². The van der Waals surface area contributed by atoms with Crippen molar-refractivity contribution in [2.45, 2.75) is 104 Å². The van der Waals surface area contributed by atoms with E-state index < -0.39 is 23.6 Å². The van der Waals surface area contributed by atoms with Crippen LogP contribution in [0.25, 0.3) is 0 Å². The Labute approximate surface area is 188 Å². The Morgan fingerprint density at radius 3 is 2.35 bits per heavy atom. The summed E-state index contributed by atoms with van der Waals surface area (Å²) in [6, 6.07) is -0.0931. The SMILES string of the molecule is CC(C)CCNC1C(O)C(O)CC2CC[C@@H]3[C@@H](CC[C@@]4(C)[C@H]3CCC4(C)C(=O)O)[C@]21C. The highest BCUT2D eigenvalue weighted by atomic mass is 16.4. The van der Waals surface area contributed by atoms with Gasteiger partial charge in [0.2, 0.25) is 0 Å². The van der Waals surface area contributed by atoms with Gasteiger partial charge in [0.15, 0.2) is 0 Å². The van der Waals surface area contributed by atoms with Crippen molar-refractivity contribution in [2.24, 2.45) is 45.8 Å². The minimum Gasteiger partial charge on any atom is -0.481 e. The molecule has 31 heavy (non-hydrogen) atoms. The lowest BCUT2D eigenvalue weighted by Gasteiger charge is -2.64. The molecule has 4 N–H and O–H groups in total. The summed E-state index contributed by atoms with van der Waals surface area (Å²) in [5, 5.41) is 35.6. The van der Waals surface area contributed by atoms with Crippen LogP contribution in [0.5, 0.6) is 0 Å². The number of carbonyl (C=O) groups is 1. The molecule has 4 rings (SSSR count). The van der Waals surface area contributed by atoms with Gasteiger partial charge in [-0.25, -0.2) is 0 Å². The molecule has 0 bridgehead atoms. The van der Waals surface area contributed by atoms with Crippen LogP contribution in [0.2, 0.25) is 0 Å². The first-order chi connectivity index (χ1) is 14.5. The van der Waals surface area contributed by atoms with Gasteiger partial charge in [-0.1, -0.05) is 27.7 Å². The maximum absolute atomic E-state index is 12.3. The first-order valence-electron chi connectivity index (χ1n) is 12.8. The zero-order valence-corrected chi connectivity index (χ0v) is 20.2. The number of carboxylic acids is 1. The molecule has 4 aliphatic rings. The van der Waals surface area contributed by atoms with Gasteiger partial charge in [0.25, 0.3) is 0 Å². The van der Waals surface area contributed by atoms with Gasteiger partial charge in [0.05, 0.1) is 17.6 Å². The van der Waals surface area contributed by atoms with Gasteiger partial charge in [-0.15, -0.1) is 0 Å². The molecule has 0 aliphatic heterocycles. The Hall–Kier alpha value is -0.650. The molecule has 0 aromatic rings. The van der Waals surface area contributed by atoms with Crippen LogP contribution in [0, 0.1) is 45.8 Å². The van der Waals surface area contributed by atoms with Crippen molar-refractivity contribution in [2.75, 3.05) is 6.54 Å². The standard InChI is InChI=1S/C26H45NO4/c1-15(2)10-13-27-22-21(29)20(28)14-16-6-7-17-18-8-12-25(4,23(30)31)24(18,3)11-9-19(17)26(16,22)5/h15-22,27-29H,6-14H2,1-5H3,(H,30,31)/t16?,17-,18-,19+,20?,21?,22?,24-,25?,26-/m0/s1. The summed E-state index contributed by atoms with van der Waals surface area (Å²) in [4.78, 5) is 12.3. The van der Waals surface area contributed by atoms with Gasteiger partial charge in [0.1, 0.15) is 0 Å². The Morgan fingerprint density at radius 1 is 1.03 bits per heavy atom. The zero-order valence-electron chi connectivity index (χ0n) is 20.2. The van der Waals surface area contributed by atoms with E-state index in [0.29, 0.717) is 36.0 Å². The van der Waals surface area contributed by atoms with E-state index in [1.54, 1.807) is 0 Å². The van der Waals surface area contributed by atoms with Gasteiger partial charge in [-0.3, -0.25) is 4.79 Å². The molecular formula is C26H45NO4. The number of aliphatic hydroxyl groups excluding tert-OH is 2. The molecule has 10 atom stereocenters. The van der Waals surface area contributed by atoms with Crippen LogP contribution in [0.3, 0.4) is 0 Å². The van der Waals surface area contributed by atoms with E-state index in [1.807, 2.05) is 6.92 Å². The lowest BCUT2D eigenvalue weighted by Crippen LogP contribution is -2.68. The minimum absolute atomic E-state index is 0.0535. The van der Waals surface area contributed by atoms with Crippen molar-refractivity contribution in [3.05, 3.63) is 0 Å². The fraction of sp³-hybridized carbons (Fsp3) is 0.962. The van der Waals surface area contributed by atoms with Crippen molar-refractivity contribution in [1.29, 1.82) is 0 Å². The van der Waals surface area contributed by atoms with Gasteiger partial charge < -0.3 is 20.6 Å². The molecule has 5 heteroatoms. The van der Waals surface area contributed by atoms with Gasteiger partial charge in [0, 0.05) is 6.04 Å². The van der Waals surface area contributed by atoms with Gasteiger partial charge in [-0.2, -0.15) is 0 Å². The van der Waals surface area contributed by atoms with Crippen LogP contribution in [0.4, 0.5) is 0 Å². The molecule has 0 saturated heterocycles. The number of rotatable bonds is 5. The summed E-state index contributed by atoms with van der Waals surface area (Å²) < 4.78 is 0. The van der Waals surface area contributed by atoms with E-state index in [0.717, 1.165) is 51.5 Å². The molecule has 4 aliphatic carbocycles. The second kappa shape index (κ2) is 7.99. The summed E-state index contributed by atoms with van der Waals surface area (Å²) in [6.07, 6.45) is 6.39. The molecule has 4 saturated carbocycles. The first-order valence-corrected chi connectivity index (χ1v) is 12.8. The second-order valence-corrected chi connectivity index (χ2v) is 12.6. The highest BCUT2D eigenvalue weighted by Crippen LogP contribution is 2.70. The number of nitrogens with one attached hydrogen (secondary N) is 1. The third kappa shape index (κ3) is 3.32. The van der Waals surface area contributed by atoms with E-state index in [4.69, 9.17) is 0 Å². The van der Waals surface area contributed by atoms with E-state index in [2.05, 4.69) is 33.0 Å². The molecule has 0 amide bonds. The van der Waals surface area contributed by atoms with Crippen LogP contribution >= 0.6 is 0 Å². The van der Waals surface area contributed by atoms with Crippen LogP contribution in [0.1, 0.15) is 86.0 Å². The topological polar surface area (TPSA) is 89.8 Å². The average molecular weight is 436 g/mol. The number of carboxylic acid groups (broad SMARTS) is 1. The third-order valence-corrected chi connectivity index (χ3v) is 11.1. The minimum atomic E-state index is -0.728. The number of fused-ring (bicyclic) bond motifs is 5. The van der Waals surface area contributed by atoms with Crippen molar-refractivity contribution >= 4 is 5.97 Å². The Balaban J connectivity index is 1.64. The smallest absolute Gasteiger partial charge is 0.309 e. The predicted octanol–water partition coefficient (Wildman–Crippen LogP) is 4.07. The number of hydrogen-bond donors (Lipinski definition) is 4. The molecule has 0 radical (unpaired) electrons. The fourth-order valence-electron chi connectivity index (χ4n) is 8.83. The largest absolute Gasteiger partial charge is 0.481 e. The third-order valence-electron chi connectivity index (χ3n) is 11.1. The molecule has 5 unspecified atom stereocenters. The van der Waals surface area contributed by atoms with Crippen molar-refractivity contribution in [3.63, 3.8) is 0 Å². The molecule has 0 aromatic heterocycles. The Kier molecular flexibility index (Phi) is 6.06. The predicted molar refractivity (Wildman–Crippen MR) is 121 cm³/mol. The summed E-state index contributed by atoms with van der Waals surface area (Å²) in [5.74, 6) is 1.85. The number of hydrogen-bond acceptors (Lipinski definition) is 4. The highest BCUT2D eigenvalue weighted by Gasteiger charge is 2.67. The second-order valence-electron chi connectivity index (χ2n) is 12.6. The van der Waals surface area contributed by atoms with Crippen LogP contribution in [0.15, 0.2) is 0 Å². The number of aliphatic hydroxyl groups is 2. The summed E-state index contributed by atoms with van der Waals surface area (Å²) >= 11 is 0. The quantitative estimate of drug-likeness (QED) is 0.523. The Bertz CT molecular complexity index is 697. The molecular weight excluding hydrogens is 390 g/mol. The monoisotopic (exact) mass is 435 g/mol. The lowest BCUT2D eigenvalue weighted by molar-refractivity contribution is -0.187. The highest BCUT2D eigenvalue weighted by molar-refractivity contribution is 5.76. The normalized spacial score (nSPS) is 51.8. The maximum atomic E-state index is 12.3. The molecule has 0 heterocycles. The lowest BCUT2D eigenvalue weighted by atomic mass is 9.42. The summed E-state index contributed by atoms with van der Waals surface area (Å²) in [7, 11) is 0. The van der Waals surface area contributed by atoms with Gasteiger partial charge in [-0.05, 0) is 105 Å². The van der Waals surface area contributed by atoms with E-state index in [9.17, 15) is 20.1 Å². The average Bonchev–Trinajstić information content (AvgIpc) is 2.98. The van der Waals surface area contributed by atoms with Crippen molar-refractivity contribution in [1.82, 2.24) is 5.32 Å². The molecule has 5 nitrogen and oxygen atoms in total. The van der Waals surface area contributed by atoms with E-state index >= 15 is 0 Å². The molecule has 178 valence electrons. The molecule has 4 fully saturated rings. The van der Waals surface area contributed by atoms with Crippen molar-refractivity contribution < 1.29 is 20.1 Å². The van der Waals surface area contributed by atoms with E-state index in [1.165, 1.54) is 0 Å². The fourth-order valence-corrected chi connectivity index (χ4v) is 8.83. The van der Waals surface area contributed by atoms with Crippen molar-refractivity contribution in [3.8, 4) is 0 Å². The van der Waals surface area contributed by atoms with Crippen LogP contribution < -0.4 is 5.32 Å². The first kappa shape index (κ1) is 23.5.